The average Bonchev–Trinajstić information content (AvgIpc) is 2.68. The molecule has 0 spiro atoms. The van der Waals surface area contributed by atoms with Gasteiger partial charge in [0.05, 0.1) is 7.11 Å². The number of amides is 3. The Bertz CT molecular complexity index is 767. The van der Waals surface area contributed by atoms with Crippen LogP contribution in [0.25, 0.3) is 0 Å². The van der Waals surface area contributed by atoms with Crippen LogP contribution in [0.5, 0.6) is 5.75 Å². The quantitative estimate of drug-likeness (QED) is 0.749. The molecule has 0 saturated carbocycles. The summed E-state index contributed by atoms with van der Waals surface area (Å²) in [6.45, 7) is 2.18. The molecule has 0 unspecified atom stereocenters. The summed E-state index contributed by atoms with van der Waals surface area (Å²) in [5.74, 6) is 0.271. The van der Waals surface area contributed by atoms with Crippen LogP contribution in [0.15, 0.2) is 48.5 Å². The van der Waals surface area contributed by atoms with E-state index in [9.17, 15) is 14.4 Å². The van der Waals surface area contributed by atoms with Gasteiger partial charge in [0.2, 0.25) is 0 Å². The van der Waals surface area contributed by atoms with Crippen LogP contribution in [-0.4, -0.2) is 31.4 Å². The minimum absolute atomic E-state index is 0.00762. The Hall–Kier alpha value is -3.15. The smallest absolute Gasteiger partial charge is 0.321 e. The zero-order valence-corrected chi connectivity index (χ0v) is 14.9. The fourth-order valence-corrected chi connectivity index (χ4v) is 2.34. The molecule has 2 N–H and O–H groups in total. The molecule has 2 rings (SSSR count). The van der Waals surface area contributed by atoms with Crippen molar-refractivity contribution in [2.45, 2.75) is 19.8 Å². The normalized spacial score (nSPS) is 10.1. The second-order valence-electron chi connectivity index (χ2n) is 5.66. The standard InChI is InChI=1S/C20H22N2O4/c1-3-18(23)15-6-8-16(9-7-15)19(24)22-20(25)21-13-12-14-4-10-17(26-2)11-5-14/h4-11H,3,12-13H2,1-2H3,(H2,21,22,24,25). The number of hydrogen-bond acceptors (Lipinski definition) is 4. The van der Waals surface area contributed by atoms with Crippen LogP contribution in [0.1, 0.15) is 39.6 Å². The van der Waals surface area contributed by atoms with Gasteiger partial charge in [0, 0.05) is 24.1 Å². The number of ether oxygens (including phenoxy) is 1. The molecule has 6 nitrogen and oxygen atoms in total. The first-order valence-corrected chi connectivity index (χ1v) is 8.39. The number of benzene rings is 2. The number of methoxy groups -OCH3 is 1. The lowest BCUT2D eigenvalue weighted by atomic mass is 10.1. The van der Waals surface area contributed by atoms with Gasteiger partial charge in [0.1, 0.15) is 5.75 Å². The van der Waals surface area contributed by atoms with Crippen LogP contribution in [0, 0.1) is 0 Å². The summed E-state index contributed by atoms with van der Waals surface area (Å²) in [5.41, 5.74) is 1.92. The van der Waals surface area contributed by atoms with Crippen LogP contribution in [0.2, 0.25) is 0 Å². The highest BCUT2D eigenvalue weighted by Gasteiger charge is 2.11. The molecule has 0 saturated heterocycles. The van der Waals surface area contributed by atoms with E-state index in [0.29, 0.717) is 30.5 Å². The molecular formula is C20H22N2O4. The van der Waals surface area contributed by atoms with Gasteiger partial charge in [-0.1, -0.05) is 31.2 Å². The van der Waals surface area contributed by atoms with Crippen molar-refractivity contribution in [2.24, 2.45) is 0 Å². The van der Waals surface area contributed by atoms with E-state index in [4.69, 9.17) is 4.74 Å². The first-order valence-electron chi connectivity index (χ1n) is 8.39. The summed E-state index contributed by atoms with van der Waals surface area (Å²) in [7, 11) is 1.60. The van der Waals surface area contributed by atoms with Crippen molar-refractivity contribution in [3.63, 3.8) is 0 Å². The molecule has 2 aromatic carbocycles. The van der Waals surface area contributed by atoms with Crippen LogP contribution in [-0.2, 0) is 6.42 Å². The van der Waals surface area contributed by atoms with E-state index in [1.807, 2.05) is 24.3 Å². The zero-order chi connectivity index (χ0) is 18.9. The number of carbonyl (C=O) groups excluding carboxylic acids is 3. The van der Waals surface area contributed by atoms with Gasteiger partial charge in [-0.3, -0.25) is 14.9 Å². The number of hydrogen-bond donors (Lipinski definition) is 2. The van der Waals surface area contributed by atoms with Crippen molar-refractivity contribution in [1.82, 2.24) is 10.6 Å². The van der Waals surface area contributed by atoms with Crippen molar-refractivity contribution in [1.29, 1.82) is 0 Å². The average molecular weight is 354 g/mol. The third-order valence-electron chi connectivity index (χ3n) is 3.88. The van der Waals surface area contributed by atoms with Gasteiger partial charge in [0.15, 0.2) is 5.78 Å². The van der Waals surface area contributed by atoms with Gasteiger partial charge in [-0.05, 0) is 36.2 Å². The highest BCUT2D eigenvalue weighted by atomic mass is 16.5. The lowest BCUT2D eigenvalue weighted by Crippen LogP contribution is -2.40. The molecular weight excluding hydrogens is 332 g/mol. The van der Waals surface area contributed by atoms with Crippen LogP contribution in [0.4, 0.5) is 4.79 Å². The molecule has 0 aliphatic heterocycles. The van der Waals surface area contributed by atoms with Gasteiger partial charge in [-0.15, -0.1) is 0 Å². The number of imide groups is 1. The minimum Gasteiger partial charge on any atom is -0.497 e. The number of Topliss-reactive ketones (excluding diaryl/α,β-unsaturated/α-hetero) is 1. The molecule has 0 aliphatic rings. The highest BCUT2D eigenvalue weighted by molar-refractivity contribution is 6.05. The molecule has 3 amide bonds. The maximum absolute atomic E-state index is 12.0. The van der Waals surface area contributed by atoms with Gasteiger partial charge in [0.25, 0.3) is 5.91 Å². The Balaban J connectivity index is 1.79. The van der Waals surface area contributed by atoms with E-state index in [1.165, 1.54) is 12.1 Å². The molecule has 136 valence electrons. The lowest BCUT2D eigenvalue weighted by molar-refractivity contribution is 0.0958. The Morgan fingerprint density at radius 1 is 0.923 bits per heavy atom. The number of rotatable bonds is 7. The third-order valence-corrected chi connectivity index (χ3v) is 3.88. The zero-order valence-electron chi connectivity index (χ0n) is 14.9. The van der Waals surface area contributed by atoms with E-state index in [1.54, 1.807) is 26.2 Å². The monoisotopic (exact) mass is 354 g/mol. The Labute approximate surface area is 152 Å². The number of carbonyl (C=O) groups is 3. The van der Waals surface area contributed by atoms with E-state index in [2.05, 4.69) is 10.6 Å². The summed E-state index contributed by atoms with van der Waals surface area (Å²) in [6, 6.07) is 13.2. The second kappa shape index (κ2) is 9.36. The maximum Gasteiger partial charge on any atom is 0.321 e. The van der Waals surface area contributed by atoms with E-state index in [-0.39, 0.29) is 5.78 Å². The molecule has 0 aliphatic carbocycles. The number of ketones is 1. The van der Waals surface area contributed by atoms with Crippen molar-refractivity contribution in [3.05, 3.63) is 65.2 Å². The van der Waals surface area contributed by atoms with Crippen LogP contribution in [0.3, 0.4) is 0 Å². The SMILES string of the molecule is CCC(=O)c1ccc(C(=O)NC(=O)NCCc2ccc(OC)cc2)cc1. The van der Waals surface area contributed by atoms with E-state index in [0.717, 1.165) is 11.3 Å². The number of urea groups is 1. The van der Waals surface area contributed by atoms with Gasteiger partial charge in [-0.25, -0.2) is 4.79 Å². The summed E-state index contributed by atoms with van der Waals surface area (Å²) in [4.78, 5) is 35.4. The summed E-state index contributed by atoms with van der Waals surface area (Å²) >= 11 is 0. The first-order chi connectivity index (χ1) is 12.5. The van der Waals surface area contributed by atoms with Gasteiger partial charge in [-0.2, -0.15) is 0 Å². The van der Waals surface area contributed by atoms with Crippen LogP contribution < -0.4 is 15.4 Å². The van der Waals surface area contributed by atoms with Gasteiger partial charge < -0.3 is 10.1 Å². The van der Waals surface area contributed by atoms with E-state index < -0.39 is 11.9 Å². The molecule has 2 aromatic rings. The molecule has 26 heavy (non-hydrogen) atoms. The van der Waals surface area contributed by atoms with Crippen molar-refractivity contribution in [2.75, 3.05) is 13.7 Å². The van der Waals surface area contributed by atoms with Gasteiger partial charge >= 0.3 is 6.03 Å². The largest absolute Gasteiger partial charge is 0.497 e. The number of nitrogens with one attached hydrogen (secondary N) is 2. The predicted octanol–water partition coefficient (Wildman–Crippen LogP) is 2.97. The Morgan fingerprint density at radius 2 is 1.54 bits per heavy atom. The highest BCUT2D eigenvalue weighted by Crippen LogP contribution is 2.11. The fourth-order valence-electron chi connectivity index (χ4n) is 2.34. The molecule has 0 aromatic heterocycles. The molecule has 6 heteroatoms. The van der Waals surface area contributed by atoms with Crippen molar-refractivity contribution < 1.29 is 19.1 Å². The van der Waals surface area contributed by atoms with Crippen LogP contribution >= 0.6 is 0 Å². The summed E-state index contributed by atoms with van der Waals surface area (Å²) in [6.07, 6.45) is 1.04. The first kappa shape index (κ1) is 19.2. The topological polar surface area (TPSA) is 84.5 Å². The van der Waals surface area contributed by atoms with E-state index >= 15 is 0 Å². The predicted molar refractivity (Wildman–Crippen MR) is 98.6 cm³/mol. The maximum atomic E-state index is 12.0. The van der Waals surface area contributed by atoms with Crippen molar-refractivity contribution >= 4 is 17.7 Å². The summed E-state index contributed by atoms with van der Waals surface area (Å²) < 4.78 is 5.09. The summed E-state index contributed by atoms with van der Waals surface area (Å²) in [5, 5.41) is 4.91. The molecule has 0 atom stereocenters. The lowest BCUT2D eigenvalue weighted by Gasteiger charge is -2.08. The minimum atomic E-state index is -0.558. The molecule has 0 heterocycles. The second-order valence-corrected chi connectivity index (χ2v) is 5.66. The molecule has 0 radical (unpaired) electrons. The Morgan fingerprint density at radius 3 is 2.12 bits per heavy atom. The Kier molecular flexibility index (Phi) is 6.91. The van der Waals surface area contributed by atoms with Crippen molar-refractivity contribution in [3.8, 4) is 5.75 Å². The molecule has 0 fully saturated rings. The third kappa shape index (κ3) is 5.44. The molecule has 0 bridgehead atoms. The fraction of sp³-hybridized carbons (Fsp3) is 0.250.